The minimum Gasteiger partial charge on any atom is -0.507 e. The number of rotatable bonds is 4. The number of carbonyl (C=O) groups is 1. The molecule has 1 aromatic carbocycles. The Kier molecular flexibility index (Phi) is 4.93. The highest BCUT2D eigenvalue weighted by molar-refractivity contribution is 7.92. The molecule has 8 heteroatoms. The fourth-order valence-corrected chi connectivity index (χ4v) is 4.37. The van der Waals surface area contributed by atoms with Crippen LogP contribution in [0.4, 0.5) is 5.82 Å². The molecule has 0 unspecified atom stereocenters. The summed E-state index contributed by atoms with van der Waals surface area (Å²) in [5.41, 5.74) is 1.43. The summed E-state index contributed by atoms with van der Waals surface area (Å²) in [7, 11) is -3.97. The van der Waals surface area contributed by atoms with Crippen molar-refractivity contribution >= 4 is 27.6 Å². The average Bonchev–Trinajstić information content (AvgIpc) is 2.78. The summed E-state index contributed by atoms with van der Waals surface area (Å²) in [5.74, 6) is -1.69. The lowest BCUT2D eigenvalue weighted by atomic mass is 10.1. The minimum absolute atomic E-state index is 0.0451. The number of carboxylic acid groups (broad SMARTS) is 1. The number of carboxylic acids is 1. The average molecular weight is 388 g/mol. The highest BCUT2D eigenvalue weighted by Crippen LogP contribution is 2.35. The van der Waals surface area contributed by atoms with Crippen LogP contribution in [0.5, 0.6) is 0 Å². The van der Waals surface area contributed by atoms with Crippen LogP contribution in [0.25, 0.3) is 5.76 Å². The third-order valence-corrected chi connectivity index (χ3v) is 6.31. The van der Waals surface area contributed by atoms with Crippen LogP contribution in [0.1, 0.15) is 30.2 Å². The van der Waals surface area contributed by atoms with E-state index in [9.17, 15) is 23.4 Å². The SMILES string of the molecule is CCc1ccc2c(n1)N(S(=O)(=O)c1ccc(C)cc1)CCC(C(=O)O)=C2O. The number of sulfonamides is 1. The van der Waals surface area contributed by atoms with E-state index < -0.39 is 21.8 Å². The van der Waals surface area contributed by atoms with Crippen LogP contribution < -0.4 is 4.31 Å². The molecule has 3 rings (SSSR count). The summed E-state index contributed by atoms with van der Waals surface area (Å²) in [6.07, 6.45) is 0.437. The summed E-state index contributed by atoms with van der Waals surface area (Å²) in [6, 6.07) is 9.56. The number of pyridine rings is 1. The number of aliphatic carboxylic acids is 1. The largest absolute Gasteiger partial charge is 0.507 e. The first-order valence-electron chi connectivity index (χ1n) is 8.50. The van der Waals surface area contributed by atoms with Crippen LogP contribution in [0.3, 0.4) is 0 Å². The van der Waals surface area contributed by atoms with E-state index in [4.69, 9.17) is 0 Å². The van der Waals surface area contributed by atoms with Crippen LogP contribution in [0, 0.1) is 6.92 Å². The first-order chi connectivity index (χ1) is 12.8. The number of fused-ring (bicyclic) bond motifs is 1. The first kappa shape index (κ1) is 18.9. The zero-order valence-corrected chi connectivity index (χ0v) is 15.8. The molecule has 1 aromatic heterocycles. The number of nitrogens with zero attached hydrogens (tertiary/aromatic N) is 2. The van der Waals surface area contributed by atoms with Gasteiger partial charge in [-0.05, 0) is 37.6 Å². The molecule has 142 valence electrons. The van der Waals surface area contributed by atoms with Crippen molar-refractivity contribution < 1.29 is 23.4 Å². The molecule has 0 amide bonds. The molecule has 0 spiro atoms. The van der Waals surface area contributed by atoms with E-state index in [2.05, 4.69) is 4.98 Å². The number of hydrogen-bond donors (Lipinski definition) is 2. The lowest BCUT2D eigenvalue weighted by Crippen LogP contribution is -2.33. The van der Waals surface area contributed by atoms with Gasteiger partial charge in [0.2, 0.25) is 0 Å². The molecule has 0 saturated carbocycles. The standard InChI is InChI=1S/C19H20N2O5S/c1-3-13-6-9-15-17(22)16(19(23)24)10-11-21(18(15)20-13)27(25,26)14-7-4-12(2)5-8-14/h4-9,22H,3,10-11H2,1-2H3,(H,23,24). The molecule has 27 heavy (non-hydrogen) atoms. The van der Waals surface area contributed by atoms with Crippen molar-refractivity contribution in [3.05, 3.63) is 58.8 Å². The normalized spacial score (nSPS) is 14.7. The van der Waals surface area contributed by atoms with Gasteiger partial charge in [-0.25, -0.2) is 22.5 Å². The maximum Gasteiger partial charge on any atom is 0.335 e. The van der Waals surface area contributed by atoms with Crippen molar-refractivity contribution in [1.82, 2.24) is 4.98 Å². The van der Waals surface area contributed by atoms with Crippen LogP contribution in [-0.2, 0) is 21.2 Å². The maximum atomic E-state index is 13.2. The van der Waals surface area contributed by atoms with E-state index in [0.717, 1.165) is 9.87 Å². The van der Waals surface area contributed by atoms with Crippen LogP contribution >= 0.6 is 0 Å². The molecule has 2 N–H and O–H groups in total. The van der Waals surface area contributed by atoms with E-state index >= 15 is 0 Å². The van der Waals surface area contributed by atoms with Crippen molar-refractivity contribution in [2.75, 3.05) is 10.8 Å². The lowest BCUT2D eigenvalue weighted by molar-refractivity contribution is -0.132. The molecule has 2 heterocycles. The number of aryl methyl sites for hydroxylation is 2. The summed E-state index contributed by atoms with van der Waals surface area (Å²) >= 11 is 0. The molecule has 0 bridgehead atoms. The third-order valence-electron chi connectivity index (χ3n) is 4.50. The second kappa shape index (κ2) is 7.03. The van der Waals surface area contributed by atoms with Gasteiger partial charge in [-0.15, -0.1) is 0 Å². The second-order valence-electron chi connectivity index (χ2n) is 6.30. The molecule has 1 aliphatic heterocycles. The molecule has 0 radical (unpaired) electrons. The van der Waals surface area contributed by atoms with Crippen molar-refractivity contribution in [3.8, 4) is 0 Å². The number of aromatic nitrogens is 1. The molecule has 0 fully saturated rings. The van der Waals surface area contributed by atoms with Gasteiger partial charge in [0.05, 0.1) is 16.0 Å². The summed E-state index contributed by atoms with van der Waals surface area (Å²) in [6.45, 7) is 3.60. The third kappa shape index (κ3) is 3.40. The van der Waals surface area contributed by atoms with Gasteiger partial charge in [0.15, 0.2) is 5.82 Å². The number of anilines is 1. The number of benzene rings is 1. The van der Waals surface area contributed by atoms with Crippen molar-refractivity contribution in [3.63, 3.8) is 0 Å². The Balaban J connectivity index is 2.21. The molecule has 7 nitrogen and oxygen atoms in total. The minimum atomic E-state index is -3.97. The van der Waals surface area contributed by atoms with Gasteiger partial charge in [0.25, 0.3) is 10.0 Å². The fraction of sp³-hybridized carbons (Fsp3) is 0.263. The molecule has 2 aromatic rings. The predicted molar refractivity (Wildman–Crippen MR) is 101 cm³/mol. The smallest absolute Gasteiger partial charge is 0.335 e. The Hall–Kier alpha value is -2.87. The molecule has 0 saturated heterocycles. The second-order valence-corrected chi connectivity index (χ2v) is 8.16. The number of aliphatic hydroxyl groups excluding tert-OH is 1. The van der Waals surface area contributed by atoms with Gasteiger partial charge in [-0.2, -0.15) is 0 Å². The van der Waals surface area contributed by atoms with Crippen molar-refractivity contribution in [2.24, 2.45) is 0 Å². The van der Waals surface area contributed by atoms with E-state index in [-0.39, 0.29) is 34.8 Å². The topological polar surface area (TPSA) is 108 Å². The lowest BCUT2D eigenvalue weighted by Gasteiger charge is -2.24. The van der Waals surface area contributed by atoms with Gasteiger partial charge in [0.1, 0.15) is 5.76 Å². The summed E-state index contributed by atoms with van der Waals surface area (Å²) < 4.78 is 27.6. The van der Waals surface area contributed by atoms with Gasteiger partial charge in [-0.3, -0.25) is 0 Å². The Morgan fingerprint density at radius 1 is 1.19 bits per heavy atom. The Labute approximate surface area is 157 Å². The van der Waals surface area contributed by atoms with E-state index in [1.807, 2.05) is 13.8 Å². The first-order valence-corrected chi connectivity index (χ1v) is 9.94. The predicted octanol–water partition coefficient (Wildman–Crippen LogP) is 2.91. The van der Waals surface area contributed by atoms with Crippen LogP contribution in [-0.4, -0.2) is 36.1 Å². The van der Waals surface area contributed by atoms with Crippen LogP contribution in [0.2, 0.25) is 0 Å². The highest BCUT2D eigenvalue weighted by atomic mass is 32.2. The van der Waals surface area contributed by atoms with E-state index in [1.165, 1.54) is 18.2 Å². The van der Waals surface area contributed by atoms with Gasteiger partial charge in [-0.1, -0.05) is 24.6 Å². The van der Waals surface area contributed by atoms with Crippen LogP contribution in [0.15, 0.2) is 46.9 Å². The number of hydrogen-bond acceptors (Lipinski definition) is 5. The summed E-state index contributed by atoms with van der Waals surface area (Å²) in [5, 5.41) is 19.9. The van der Waals surface area contributed by atoms with E-state index in [1.54, 1.807) is 18.2 Å². The van der Waals surface area contributed by atoms with Gasteiger partial charge < -0.3 is 10.2 Å². The van der Waals surface area contributed by atoms with Gasteiger partial charge in [0, 0.05) is 18.7 Å². The Morgan fingerprint density at radius 2 is 1.85 bits per heavy atom. The quantitative estimate of drug-likeness (QED) is 0.834. The monoisotopic (exact) mass is 388 g/mol. The molecule has 0 aliphatic carbocycles. The summed E-state index contributed by atoms with van der Waals surface area (Å²) in [4.78, 5) is 16.0. The molecular formula is C19H20N2O5S. The Bertz CT molecular complexity index is 1030. The Morgan fingerprint density at radius 3 is 2.44 bits per heavy atom. The molecule has 0 atom stereocenters. The van der Waals surface area contributed by atoms with E-state index in [0.29, 0.717) is 12.1 Å². The fourth-order valence-electron chi connectivity index (χ4n) is 2.94. The maximum absolute atomic E-state index is 13.2. The van der Waals surface area contributed by atoms with Crippen molar-refractivity contribution in [2.45, 2.75) is 31.6 Å². The zero-order valence-electron chi connectivity index (χ0n) is 15.0. The zero-order chi connectivity index (χ0) is 19.8. The number of aliphatic hydroxyl groups is 1. The molecular weight excluding hydrogens is 368 g/mol. The van der Waals surface area contributed by atoms with Gasteiger partial charge >= 0.3 is 5.97 Å². The highest BCUT2D eigenvalue weighted by Gasteiger charge is 2.33. The molecule has 1 aliphatic rings. The van der Waals surface area contributed by atoms with Crippen molar-refractivity contribution in [1.29, 1.82) is 0 Å².